The summed E-state index contributed by atoms with van der Waals surface area (Å²) in [6.45, 7) is 6.70. The smallest absolute Gasteiger partial charge is 0.0623 e. The summed E-state index contributed by atoms with van der Waals surface area (Å²) < 4.78 is 5.51. The van der Waals surface area contributed by atoms with E-state index in [9.17, 15) is 0 Å². The summed E-state index contributed by atoms with van der Waals surface area (Å²) in [7, 11) is 3.93. The fourth-order valence-electron chi connectivity index (χ4n) is 3.07. The van der Waals surface area contributed by atoms with E-state index in [0.29, 0.717) is 6.04 Å². The third-order valence-corrected chi connectivity index (χ3v) is 4.71. The van der Waals surface area contributed by atoms with Crippen LogP contribution in [0.15, 0.2) is 0 Å². The molecule has 1 rings (SSSR count). The molecule has 0 aliphatic heterocycles. The normalized spacial score (nSPS) is 27.4. The molecule has 102 valence electrons. The number of hydrogen-bond donors (Lipinski definition) is 1. The summed E-state index contributed by atoms with van der Waals surface area (Å²) in [5, 5.41) is 3.53. The summed E-state index contributed by atoms with van der Waals surface area (Å²) in [5.74, 6) is 1.86. The van der Waals surface area contributed by atoms with Crippen molar-refractivity contribution < 1.29 is 4.74 Å². The predicted molar refractivity (Wildman–Crippen MR) is 74.3 cm³/mol. The van der Waals surface area contributed by atoms with Crippen molar-refractivity contribution in [1.29, 1.82) is 0 Å². The molecule has 0 spiro atoms. The van der Waals surface area contributed by atoms with Crippen molar-refractivity contribution in [2.75, 3.05) is 14.2 Å². The van der Waals surface area contributed by atoms with Crippen LogP contribution in [0.3, 0.4) is 0 Å². The first-order chi connectivity index (χ1) is 8.02. The number of ether oxygens (including phenoxy) is 1. The highest BCUT2D eigenvalue weighted by atomic mass is 16.5. The maximum Gasteiger partial charge on any atom is 0.0623 e. The van der Waals surface area contributed by atoms with E-state index in [1.807, 2.05) is 7.11 Å². The van der Waals surface area contributed by atoms with Gasteiger partial charge in [0.15, 0.2) is 0 Å². The number of methoxy groups -OCH3 is 1. The highest BCUT2D eigenvalue weighted by Crippen LogP contribution is 2.36. The van der Waals surface area contributed by atoms with Crippen LogP contribution in [0.5, 0.6) is 0 Å². The van der Waals surface area contributed by atoms with Gasteiger partial charge in [-0.05, 0) is 58.4 Å². The van der Waals surface area contributed by atoms with Gasteiger partial charge >= 0.3 is 0 Å². The van der Waals surface area contributed by atoms with E-state index in [-0.39, 0.29) is 5.60 Å². The summed E-state index contributed by atoms with van der Waals surface area (Å²) in [5.41, 5.74) is 0.0257. The molecule has 2 heteroatoms. The van der Waals surface area contributed by atoms with Gasteiger partial charge in [-0.3, -0.25) is 0 Å². The Hall–Kier alpha value is -0.0800. The lowest BCUT2D eigenvalue weighted by atomic mass is 9.89. The lowest BCUT2D eigenvalue weighted by Gasteiger charge is -2.29. The van der Waals surface area contributed by atoms with Crippen LogP contribution in [0, 0.1) is 11.8 Å². The van der Waals surface area contributed by atoms with Crippen LogP contribution < -0.4 is 5.32 Å². The van der Waals surface area contributed by atoms with Crippen LogP contribution in [0.1, 0.15) is 59.3 Å². The van der Waals surface area contributed by atoms with E-state index in [1.165, 1.54) is 32.1 Å². The van der Waals surface area contributed by atoms with Gasteiger partial charge < -0.3 is 10.1 Å². The lowest BCUT2D eigenvalue weighted by Crippen LogP contribution is -2.35. The van der Waals surface area contributed by atoms with Gasteiger partial charge in [-0.1, -0.05) is 19.8 Å². The molecule has 1 N–H and O–H groups in total. The molecular weight excluding hydrogens is 210 g/mol. The van der Waals surface area contributed by atoms with Crippen LogP contribution >= 0.6 is 0 Å². The molecule has 3 atom stereocenters. The first-order valence-corrected chi connectivity index (χ1v) is 7.24. The maximum absolute atomic E-state index is 5.51. The van der Waals surface area contributed by atoms with Gasteiger partial charge in [-0.2, -0.15) is 0 Å². The van der Waals surface area contributed by atoms with Crippen molar-refractivity contribution in [3.05, 3.63) is 0 Å². The van der Waals surface area contributed by atoms with Crippen LogP contribution in [-0.2, 0) is 4.74 Å². The second-order valence-corrected chi connectivity index (χ2v) is 6.25. The van der Waals surface area contributed by atoms with Crippen LogP contribution in [0.25, 0.3) is 0 Å². The number of hydrogen-bond acceptors (Lipinski definition) is 2. The van der Waals surface area contributed by atoms with Gasteiger partial charge in [0.2, 0.25) is 0 Å². The fraction of sp³-hybridized carbons (Fsp3) is 1.00. The average molecular weight is 241 g/mol. The van der Waals surface area contributed by atoms with Gasteiger partial charge in [0.25, 0.3) is 0 Å². The van der Waals surface area contributed by atoms with Gasteiger partial charge in [0.05, 0.1) is 5.60 Å². The zero-order valence-electron chi connectivity index (χ0n) is 12.4. The Bertz CT molecular complexity index is 215. The number of nitrogens with one attached hydrogen (secondary N) is 1. The Kier molecular flexibility index (Phi) is 5.94. The van der Waals surface area contributed by atoms with Crippen LogP contribution in [0.4, 0.5) is 0 Å². The highest BCUT2D eigenvalue weighted by Gasteiger charge is 2.30. The molecular formula is C15H31NO. The lowest BCUT2D eigenvalue weighted by molar-refractivity contribution is 0.0104. The topological polar surface area (TPSA) is 21.3 Å². The first kappa shape index (κ1) is 15.0. The minimum absolute atomic E-state index is 0.0257. The Morgan fingerprint density at radius 1 is 1.35 bits per heavy atom. The van der Waals surface area contributed by atoms with Crippen molar-refractivity contribution in [3.63, 3.8) is 0 Å². The van der Waals surface area contributed by atoms with Gasteiger partial charge in [0.1, 0.15) is 0 Å². The number of rotatable bonds is 7. The minimum Gasteiger partial charge on any atom is -0.379 e. The van der Waals surface area contributed by atoms with Gasteiger partial charge in [0, 0.05) is 13.2 Å². The molecule has 0 bridgehead atoms. The molecule has 1 aliphatic carbocycles. The molecule has 0 aromatic rings. The van der Waals surface area contributed by atoms with E-state index >= 15 is 0 Å². The molecule has 0 saturated heterocycles. The molecule has 3 unspecified atom stereocenters. The summed E-state index contributed by atoms with van der Waals surface area (Å²) in [6.07, 6.45) is 8.01. The molecule has 0 amide bonds. The van der Waals surface area contributed by atoms with E-state index in [4.69, 9.17) is 4.74 Å². The summed E-state index contributed by atoms with van der Waals surface area (Å²) in [6, 6.07) is 0.681. The SMILES string of the molecule is CCC1CCC(C(CCC(C)(C)OC)NC)C1. The second-order valence-electron chi connectivity index (χ2n) is 6.25. The third-order valence-electron chi connectivity index (χ3n) is 4.71. The molecule has 0 heterocycles. The predicted octanol–water partition coefficient (Wildman–Crippen LogP) is 3.61. The van der Waals surface area contributed by atoms with Crippen molar-refractivity contribution in [1.82, 2.24) is 5.32 Å². The summed E-state index contributed by atoms with van der Waals surface area (Å²) >= 11 is 0. The highest BCUT2D eigenvalue weighted by molar-refractivity contribution is 4.85. The van der Waals surface area contributed by atoms with Gasteiger partial charge in [-0.25, -0.2) is 0 Å². The van der Waals surface area contributed by atoms with Crippen molar-refractivity contribution >= 4 is 0 Å². The van der Waals surface area contributed by atoms with E-state index in [2.05, 4.69) is 33.1 Å². The van der Waals surface area contributed by atoms with Crippen molar-refractivity contribution in [2.24, 2.45) is 11.8 Å². The maximum atomic E-state index is 5.51. The summed E-state index contributed by atoms with van der Waals surface area (Å²) in [4.78, 5) is 0. The standard InChI is InChI=1S/C15H31NO/c1-6-12-7-8-13(11-12)14(16-4)9-10-15(2,3)17-5/h12-14,16H,6-11H2,1-5H3. The minimum atomic E-state index is 0.0257. The zero-order chi connectivity index (χ0) is 12.9. The molecule has 1 aliphatic rings. The average Bonchev–Trinajstić information content (AvgIpc) is 2.78. The van der Waals surface area contributed by atoms with Crippen LogP contribution in [-0.4, -0.2) is 25.8 Å². The zero-order valence-corrected chi connectivity index (χ0v) is 12.4. The van der Waals surface area contributed by atoms with Crippen molar-refractivity contribution in [2.45, 2.75) is 70.9 Å². The Morgan fingerprint density at radius 3 is 2.53 bits per heavy atom. The Labute approximate surface area is 108 Å². The molecule has 0 radical (unpaired) electrons. The molecule has 0 aromatic carbocycles. The molecule has 1 saturated carbocycles. The third kappa shape index (κ3) is 4.59. The fourth-order valence-corrected chi connectivity index (χ4v) is 3.07. The second kappa shape index (κ2) is 6.75. The quantitative estimate of drug-likeness (QED) is 0.735. The van der Waals surface area contributed by atoms with E-state index in [1.54, 1.807) is 0 Å². The molecule has 2 nitrogen and oxygen atoms in total. The van der Waals surface area contributed by atoms with Crippen LogP contribution in [0.2, 0.25) is 0 Å². The Balaban J connectivity index is 2.39. The van der Waals surface area contributed by atoms with E-state index < -0.39 is 0 Å². The molecule has 17 heavy (non-hydrogen) atoms. The largest absolute Gasteiger partial charge is 0.379 e. The molecule has 1 fully saturated rings. The monoisotopic (exact) mass is 241 g/mol. The first-order valence-electron chi connectivity index (χ1n) is 7.24. The van der Waals surface area contributed by atoms with Gasteiger partial charge in [-0.15, -0.1) is 0 Å². The van der Waals surface area contributed by atoms with Crippen molar-refractivity contribution in [3.8, 4) is 0 Å². The Morgan fingerprint density at radius 2 is 2.06 bits per heavy atom. The molecule has 0 aromatic heterocycles. The van der Waals surface area contributed by atoms with E-state index in [0.717, 1.165) is 18.3 Å².